The van der Waals surface area contributed by atoms with Gasteiger partial charge in [-0.25, -0.2) is 15.0 Å². The Morgan fingerprint density at radius 3 is 2.67 bits per heavy atom. The summed E-state index contributed by atoms with van der Waals surface area (Å²) in [6.45, 7) is 2.13. The summed E-state index contributed by atoms with van der Waals surface area (Å²) in [6, 6.07) is 12.0. The summed E-state index contributed by atoms with van der Waals surface area (Å²) in [5.41, 5.74) is 8.71. The molecule has 106 valence electrons. The first-order valence-corrected chi connectivity index (χ1v) is 7.95. The zero-order valence-corrected chi connectivity index (χ0v) is 13.8. The van der Waals surface area contributed by atoms with Crippen LogP contribution >= 0.6 is 22.6 Å². The quantitative estimate of drug-likeness (QED) is 0.691. The van der Waals surface area contributed by atoms with E-state index in [1.165, 1.54) is 0 Å². The lowest BCUT2D eigenvalue weighted by Gasteiger charge is -2.08. The Morgan fingerprint density at radius 1 is 1.05 bits per heavy atom. The number of fused-ring (bicyclic) bond motifs is 1. The number of anilines is 1. The van der Waals surface area contributed by atoms with E-state index >= 15 is 0 Å². The highest BCUT2D eigenvalue weighted by atomic mass is 127. The molecule has 21 heavy (non-hydrogen) atoms. The highest BCUT2D eigenvalue weighted by Crippen LogP contribution is 2.23. The lowest BCUT2D eigenvalue weighted by atomic mass is 10.2. The first-order chi connectivity index (χ1) is 10.2. The van der Waals surface area contributed by atoms with Crippen molar-refractivity contribution in [3.05, 3.63) is 45.7 Å². The van der Waals surface area contributed by atoms with Crippen LogP contribution in [0, 0.1) is 3.57 Å². The van der Waals surface area contributed by atoms with Crippen LogP contribution in [-0.2, 0) is 6.42 Å². The Labute approximate surface area is 137 Å². The molecule has 4 nitrogen and oxygen atoms in total. The number of nitrogens with zero attached hydrogens (tertiary/aromatic N) is 3. The summed E-state index contributed by atoms with van der Waals surface area (Å²) in [6.07, 6.45) is 1.92. The van der Waals surface area contributed by atoms with Crippen molar-refractivity contribution in [3.63, 3.8) is 0 Å². The SMILES string of the molecule is CCCc1nc(-c2ccc3ccccc3n2)nc(N)c1I. The summed E-state index contributed by atoms with van der Waals surface area (Å²) >= 11 is 2.21. The standard InChI is InChI=1S/C16H15IN4/c1-2-5-12-14(17)15(18)21-16(20-12)13-9-8-10-6-3-4-7-11(10)19-13/h3-4,6-9H,2,5H2,1H3,(H2,18,20,21). The molecule has 5 heteroatoms. The van der Waals surface area contributed by atoms with Crippen molar-refractivity contribution in [2.75, 3.05) is 5.73 Å². The fraction of sp³-hybridized carbons (Fsp3) is 0.188. The molecule has 0 saturated heterocycles. The summed E-state index contributed by atoms with van der Waals surface area (Å²) in [5, 5.41) is 1.11. The number of benzene rings is 1. The Bertz CT molecular complexity index is 801. The molecule has 3 rings (SSSR count). The normalized spacial score (nSPS) is 11.0. The van der Waals surface area contributed by atoms with Gasteiger partial charge in [0.2, 0.25) is 0 Å². The molecule has 0 saturated carbocycles. The number of nitrogen functional groups attached to an aromatic ring is 1. The molecule has 0 aliphatic heterocycles. The Hall–Kier alpha value is -1.76. The first kappa shape index (κ1) is 14.2. The highest BCUT2D eigenvalue weighted by molar-refractivity contribution is 14.1. The van der Waals surface area contributed by atoms with Gasteiger partial charge in [0.05, 0.1) is 14.8 Å². The van der Waals surface area contributed by atoms with Crippen LogP contribution in [0.5, 0.6) is 0 Å². The molecule has 0 atom stereocenters. The average Bonchev–Trinajstić information content (AvgIpc) is 2.51. The maximum Gasteiger partial charge on any atom is 0.180 e. The summed E-state index contributed by atoms with van der Waals surface area (Å²) in [5.74, 6) is 1.13. The van der Waals surface area contributed by atoms with E-state index in [0.717, 1.165) is 38.7 Å². The van der Waals surface area contributed by atoms with Gasteiger partial charge in [0, 0.05) is 5.39 Å². The summed E-state index contributed by atoms with van der Waals surface area (Å²) in [7, 11) is 0. The molecule has 3 aromatic rings. The van der Waals surface area contributed by atoms with Gasteiger partial charge >= 0.3 is 0 Å². The van der Waals surface area contributed by atoms with E-state index in [4.69, 9.17) is 5.73 Å². The lowest BCUT2D eigenvalue weighted by molar-refractivity contribution is 0.868. The van der Waals surface area contributed by atoms with E-state index in [1.54, 1.807) is 0 Å². The van der Waals surface area contributed by atoms with E-state index in [9.17, 15) is 0 Å². The number of rotatable bonds is 3. The van der Waals surface area contributed by atoms with Crippen molar-refractivity contribution in [1.82, 2.24) is 15.0 Å². The number of halogens is 1. The van der Waals surface area contributed by atoms with Crippen LogP contribution in [0.4, 0.5) is 5.82 Å². The van der Waals surface area contributed by atoms with Gasteiger partial charge in [0.25, 0.3) is 0 Å². The molecule has 0 aliphatic rings. The topological polar surface area (TPSA) is 64.7 Å². The van der Waals surface area contributed by atoms with Crippen LogP contribution in [0.3, 0.4) is 0 Å². The predicted octanol–water partition coefficient (Wildman–Crippen LogP) is 3.83. The van der Waals surface area contributed by atoms with Gasteiger partial charge in [0.15, 0.2) is 5.82 Å². The van der Waals surface area contributed by atoms with E-state index in [2.05, 4.69) is 44.5 Å². The molecule has 1 aromatic carbocycles. The second-order valence-electron chi connectivity index (χ2n) is 4.83. The summed E-state index contributed by atoms with van der Waals surface area (Å²) in [4.78, 5) is 13.7. The van der Waals surface area contributed by atoms with Crippen LogP contribution in [-0.4, -0.2) is 15.0 Å². The zero-order valence-electron chi connectivity index (χ0n) is 11.7. The molecule has 2 aromatic heterocycles. The molecule has 0 fully saturated rings. The third-order valence-electron chi connectivity index (χ3n) is 3.26. The number of hydrogen-bond acceptors (Lipinski definition) is 4. The maximum atomic E-state index is 6.02. The van der Waals surface area contributed by atoms with Gasteiger partial charge in [-0.1, -0.05) is 37.6 Å². The molecule has 0 radical (unpaired) electrons. The first-order valence-electron chi connectivity index (χ1n) is 6.87. The van der Waals surface area contributed by atoms with Crippen LogP contribution in [0.15, 0.2) is 36.4 Å². The zero-order chi connectivity index (χ0) is 14.8. The molecule has 0 spiro atoms. The molecule has 2 heterocycles. The molecule has 0 bridgehead atoms. The fourth-order valence-electron chi connectivity index (χ4n) is 2.22. The molecule has 0 unspecified atom stereocenters. The highest BCUT2D eigenvalue weighted by Gasteiger charge is 2.12. The van der Waals surface area contributed by atoms with Crippen molar-refractivity contribution in [1.29, 1.82) is 0 Å². The van der Waals surface area contributed by atoms with Gasteiger partial charge < -0.3 is 5.73 Å². The van der Waals surface area contributed by atoms with E-state index in [-0.39, 0.29) is 0 Å². The van der Waals surface area contributed by atoms with Crippen LogP contribution in [0.2, 0.25) is 0 Å². The van der Waals surface area contributed by atoms with E-state index < -0.39 is 0 Å². The second kappa shape index (κ2) is 5.93. The number of aromatic nitrogens is 3. The van der Waals surface area contributed by atoms with Crippen molar-refractivity contribution < 1.29 is 0 Å². The lowest BCUT2D eigenvalue weighted by Crippen LogP contribution is -2.05. The number of para-hydroxylation sites is 1. The average molecular weight is 390 g/mol. The van der Waals surface area contributed by atoms with Crippen LogP contribution < -0.4 is 5.73 Å². The van der Waals surface area contributed by atoms with Gasteiger partial charge in [-0.15, -0.1) is 0 Å². The van der Waals surface area contributed by atoms with Crippen molar-refractivity contribution in [2.24, 2.45) is 0 Å². The summed E-state index contributed by atoms with van der Waals surface area (Å²) < 4.78 is 0.944. The van der Waals surface area contributed by atoms with E-state index in [0.29, 0.717) is 11.6 Å². The Kier molecular flexibility index (Phi) is 4.01. The third kappa shape index (κ3) is 2.83. The minimum atomic E-state index is 0.527. The number of nitrogens with two attached hydrogens (primary N) is 1. The fourth-order valence-corrected chi connectivity index (χ4v) is 2.73. The molecular weight excluding hydrogens is 375 g/mol. The minimum absolute atomic E-state index is 0.527. The van der Waals surface area contributed by atoms with Crippen LogP contribution in [0.25, 0.3) is 22.4 Å². The largest absolute Gasteiger partial charge is 0.383 e. The Morgan fingerprint density at radius 2 is 1.86 bits per heavy atom. The van der Waals surface area contributed by atoms with Crippen molar-refractivity contribution in [3.8, 4) is 11.5 Å². The monoisotopic (exact) mass is 390 g/mol. The smallest absolute Gasteiger partial charge is 0.180 e. The van der Waals surface area contributed by atoms with Gasteiger partial charge in [-0.05, 0) is 41.1 Å². The number of hydrogen-bond donors (Lipinski definition) is 1. The van der Waals surface area contributed by atoms with Crippen molar-refractivity contribution >= 4 is 39.3 Å². The minimum Gasteiger partial charge on any atom is -0.383 e. The molecule has 2 N–H and O–H groups in total. The molecule has 0 amide bonds. The van der Waals surface area contributed by atoms with Gasteiger partial charge in [-0.2, -0.15) is 0 Å². The number of pyridine rings is 1. The number of aryl methyl sites for hydroxylation is 1. The second-order valence-corrected chi connectivity index (χ2v) is 5.91. The van der Waals surface area contributed by atoms with Crippen LogP contribution in [0.1, 0.15) is 19.0 Å². The maximum absolute atomic E-state index is 6.02. The predicted molar refractivity (Wildman–Crippen MR) is 93.9 cm³/mol. The van der Waals surface area contributed by atoms with E-state index in [1.807, 2.05) is 36.4 Å². The third-order valence-corrected chi connectivity index (χ3v) is 4.44. The Balaban J connectivity index is 2.13. The van der Waals surface area contributed by atoms with Gasteiger partial charge in [0.1, 0.15) is 11.5 Å². The molecule has 0 aliphatic carbocycles. The van der Waals surface area contributed by atoms with Gasteiger partial charge in [-0.3, -0.25) is 0 Å². The molecular formula is C16H15IN4. The van der Waals surface area contributed by atoms with Crippen molar-refractivity contribution in [2.45, 2.75) is 19.8 Å².